The van der Waals surface area contributed by atoms with E-state index in [1.165, 1.54) is 6.20 Å². The van der Waals surface area contributed by atoms with E-state index in [1.54, 1.807) is 12.1 Å². The fraction of sp³-hybridized carbons (Fsp3) is 0.143. The number of aromatic nitrogens is 1. The normalized spacial score (nSPS) is 8.75. The number of nitrogens with zero attached hydrogens (tertiary/aromatic N) is 1. The smallest absolute Gasteiger partial charge is 0.550 e. The molecule has 1 aromatic rings. The Morgan fingerprint density at radius 2 is 2.33 bits per heavy atom. The standard InChI is InChI=1S/C7H6ClNO2.Li/c8-5-2-1-3-9-6(5)4-7(10)11;/h1-3H,4H2,(H,10,11);/q;+1/p-1. The number of hydrogen-bond donors (Lipinski definition) is 0. The summed E-state index contributed by atoms with van der Waals surface area (Å²) in [5.41, 5.74) is 0.342. The molecule has 0 fully saturated rings. The van der Waals surface area contributed by atoms with Crippen LogP contribution in [0, 0.1) is 0 Å². The van der Waals surface area contributed by atoms with Crippen LogP contribution in [0.5, 0.6) is 0 Å². The summed E-state index contributed by atoms with van der Waals surface area (Å²) in [7, 11) is 0. The van der Waals surface area contributed by atoms with Crippen LogP contribution in [-0.2, 0) is 11.2 Å². The summed E-state index contributed by atoms with van der Waals surface area (Å²) in [6.07, 6.45) is 1.25. The number of carbonyl (C=O) groups excluding carboxylic acids is 1. The summed E-state index contributed by atoms with van der Waals surface area (Å²) in [5, 5.41) is 10.5. The van der Waals surface area contributed by atoms with E-state index in [0.29, 0.717) is 10.7 Å². The third kappa shape index (κ3) is 3.27. The van der Waals surface area contributed by atoms with Gasteiger partial charge in [0.2, 0.25) is 0 Å². The molecule has 1 heterocycles. The Labute approximate surface area is 86.9 Å². The average Bonchev–Trinajstić information content (AvgIpc) is 1.93. The van der Waals surface area contributed by atoms with E-state index in [4.69, 9.17) is 11.6 Å². The number of carboxylic acids is 1. The van der Waals surface area contributed by atoms with Gasteiger partial charge >= 0.3 is 18.9 Å². The molecule has 0 spiro atoms. The quantitative estimate of drug-likeness (QED) is 0.454. The van der Waals surface area contributed by atoms with Gasteiger partial charge in [-0.25, -0.2) is 0 Å². The van der Waals surface area contributed by atoms with Gasteiger partial charge in [-0.15, -0.1) is 0 Å². The average molecular weight is 178 g/mol. The second-order valence-corrected chi connectivity index (χ2v) is 2.39. The molecule has 0 atom stereocenters. The minimum atomic E-state index is -1.18. The van der Waals surface area contributed by atoms with E-state index in [2.05, 4.69) is 4.98 Å². The molecule has 1 aromatic heterocycles. The van der Waals surface area contributed by atoms with Crippen LogP contribution < -0.4 is 24.0 Å². The van der Waals surface area contributed by atoms with Crippen LogP contribution in [-0.4, -0.2) is 11.0 Å². The molecule has 3 nitrogen and oxygen atoms in total. The first kappa shape index (κ1) is 11.5. The van der Waals surface area contributed by atoms with Crippen molar-refractivity contribution in [2.45, 2.75) is 6.42 Å². The number of pyridine rings is 1. The van der Waals surface area contributed by atoms with Crippen LogP contribution in [0.3, 0.4) is 0 Å². The number of carboxylic acid groups (broad SMARTS) is 1. The fourth-order valence-electron chi connectivity index (χ4n) is 0.685. The largest absolute Gasteiger partial charge is 1.00 e. The van der Waals surface area contributed by atoms with Gasteiger partial charge in [0, 0.05) is 18.6 Å². The minimum absolute atomic E-state index is 0. The number of aliphatic carboxylic acids is 1. The Morgan fingerprint density at radius 3 is 2.83 bits per heavy atom. The van der Waals surface area contributed by atoms with E-state index < -0.39 is 5.97 Å². The first-order chi connectivity index (χ1) is 5.20. The van der Waals surface area contributed by atoms with Crippen molar-refractivity contribution >= 4 is 17.6 Å². The fourth-order valence-corrected chi connectivity index (χ4v) is 0.874. The molecular weight excluding hydrogens is 172 g/mol. The molecular formula is C7H5ClLiNO2. The molecule has 0 amide bonds. The third-order valence-electron chi connectivity index (χ3n) is 1.15. The molecule has 5 heteroatoms. The van der Waals surface area contributed by atoms with Gasteiger partial charge in [0.1, 0.15) is 0 Å². The SMILES string of the molecule is O=C([O-])Cc1ncccc1Cl.[Li+]. The summed E-state index contributed by atoms with van der Waals surface area (Å²) in [4.78, 5) is 13.9. The summed E-state index contributed by atoms with van der Waals surface area (Å²) >= 11 is 5.61. The first-order valence-corrected chi connectivity index (χ1v) is 3.37. The molecule has 1 rings (SSSR count). The molecule has 0 radical (unpaired) electrons. The topological polar surface area (TPSA) is 53.0 Å². The van der Waals surface area contributed by atoms with Crippen LogP contribution in [0.2, 0.25) is 5.02 Å². The zero-order chi connectivity index (χ0) is 8.27. The van der Waals surface area contributed by atoms with Gasteiger partial charge in [-0.2, -0.15) is 0 Å². The van der Waals surface area contributed by atoms with Crippen LogP contribution >= 0.6 is 11.6 Å². The maximum absolute atomic E-state index is 10.1. The van der Waals surface area contributed by atoms with Crippen LogP contribution in [0.4, 0.5) is 0 Å². The Bertz CT molecular complexity index is 280. The van der Waals surface area contributed by atoms with Crippen molar-refractivity contribution in [3.8, 4) is 0 Å². The molecule has 0 saturated carbocycles. The van der Waals surface area contributed by atoms with Gasteiger partial charge in [0.05, 0.1) is 10.7 Å². The molecule has 0 N–H and O–H groups in total. The Balaban J connectivity index is 0.00000121. The second kappa shape index (κ2) is 5.21. The van der Waals surface area contributed by atoms with Gasteiger partial charge in [0.15, 0.2) is 0 Å². The summed E-state index contributed by atoms with van der Waals surface area (Å²) < 4.78 is 0. The number of halogens is 1. The van der Waals surface area contributed by atoms with Crippen molar-refractivity contribution in [3.63, 3.8) is 0 Å². The molecule has 12 heavy (non-hydrogen) atoms. The number of hydrogen-bond acceptors (Lipinski definition) is 3. The third-order valence-corrected chi connectivity index (χ3v) is 1.49. The number of carbonyl (C=O) groups is 1. The van der Waals surface area contributed by atoms with Crippen LogP contribution in [0.25, 0.3) is 0 Å². The molecule has 0 aromatic carbocycles. The predicted molar refractivity (Wildman–Crippen MR) is 38.0 cm³/mol. The van der Waals surface area contributed by atoms with Crippen LogP contribution in [0.1, 0.15) is 5.69 Å². The molecule has 0 unspecified atom stereocenters. The Kier molecular flexibility index (Phi) is 4.99. The Hall–Kier alpha value is -0.493. The van der Waals surface area contributed by atoms with Crippen molar-refractivity contribution < 1.29 is 28.8 Å². The van der Waals surface area contributed by atoms with Crippen molar-refractivity contribution in [2.24, 2.45) is 0 Å². The van der Waals surface area contributed by atoms with Gasteiger partial charge < -0.3 is 9.90 Å². The zero-order valence-electron chi connectivity index (χ0n) is 6.58. The summed E-state index contributed by atoms with van der Waals surface area (Å²) in [6.45, 7) is 0. The van der Waals surface area contributed by atoms with Crippen molar-refractivity contribution in [1.82, 2.24) is 4.98 Å². The molecule has 0 aliphatic heterocycles. The number of rotatable bonds is 2. The van der Waals surface area contributed by atoms with E-state index in [9.17, 15) is 9.90 Å². The van der Waals surface area contributed by atoms with Gasteiger partial charge in [-0.3, -0.25) is 4.98 Å². The minimum Gasteiger partial charge on any atom is -0.550 e. The molecule has 0 bridgehead atoms. The van der Waals surface area contributed by atoms with E-state index in [-0.39, 0.29) is 25.3 Å². The maximum atomic E-state index is 10.1. The van der Waals surface area contributed by atoms with Crippen LogP contribution in [0.15, 0.2) is 18.3 Å². The van der Waals surface area contributed by atoms with Gasteiger partial charge in [-0.05, 0) is 12.1 Å². The van der Waals surface area contributed by atoms with E-state index in [1.807, 2.05) is 0 Å². The molecule has 0 aliphatic rings. The van der Waals surface area contributed by atoms with Crippen molar-refractivity contribution in [1.29, 1.82) is 0 Å². The van der Waals surface area contributed by atoms with Gasteiger partial charge in [0.25, 0.3) is 0 Å². The zero-order valence-corrected chi connectivity index (χ0v) is 7.34. The summed E-state index contributed by atoms with van der Waals surface area (Å²) in [5.74, 6) is -1.18. The van der Waals surface area contributed by atoms with E-state index in [0.717, 1.165) is 0 Å². The second-order valence-electron chi connectivity index (χ2n) is 1.98. The van der Waals surface area contributed by atoms with Crippen molar-refractivity contribution in [2.75, 3.05) is 0 Å². The predicted octanol–water partition coefficient (Wildman–Crippen LogP) is -2.97. The van der Waals surface area contributed by atoms with Crippen molar-refractivity contribution in [3.05, 3.63) is 29.0 Å². The van der Waals surface area contributed by atoms with Gasteiger partial charge in [-0.1, -0.05) is 11.6 Å². The van der Waals surface area contributed by atoms with E-state index >= 15 is 0 Å². The first-order valence-electron chi connectivity index (χ1n) is 2.99. The maximum Gasteiger partial charge on any atom is 1.00 e. The molecule has 0 saturated heterocycles. The summed E-state index contributed by atoms with van der Waals surface area (Å²) in [6, 6.07) is 3.23. The molecule has 58 valence electrons. The monoisotopic (exact) mass is 177 g/mol. The Morgan fingerprint density at radius 1 is 1.67 bits per heavy atom. The molecule has 0 aliphatic carbocycles.